The first-order chi connectivity index (χ1) is 15.9. The molecule has 2 aromatic rings. The minimum atomic E-state index is -0.887. The third kappa shape index (κ3) is 5.84. The Morgan fingerprint density at radius 2 is 1.91 bits per heavy atom. The summed E-state index contributed by atoms with van der Waals surface area (Å²) in [6.45, 7) is 13.5. The first-order valence-electron chi connectivity index (χ1n) is 12.0. The third-order valence-electron chi connectivity index (χ3n) is 6.72. The number of allylic oxidation sites excluding steroid dienone is 1. The number of benzene rings is 2. The van der Waals surface area contributed by atoms with Crippen molar-refractivity contribution in [1.82, 2.24) is 9.80 Å². The van der Waals surface area contributed by atoms with Gasteiger partial charge in [-0.3, -0.25) is 4.90 Å². The number of hydrogen-bond acceptors (Lipinski definition) is 4. The van der Waals surface area contributed by atoms with Gasteiger partial charge in [0.05, 0.1) is 12.7 Å². The molecule has 1 N–H and O–H groups in total. The van der Waals surface area contributed by atoms with Gasteiger partial charge in [0.1, 0.15) is 5.75 Å². The van der Waals surface area contributed by atoms with E-state index in [9.17, 15) is 9.90 Å². The zero-order valence-corrected chi connectivity index (χ0v) is 20.7. The highest BCUT2D eigenvalue weighted by Gasteiger charge is 2.29. The predicted octanol–water partition coefficient (Wildman–Crippen LogP) is 5.70. The van der Waals surface area contributed by atoms with E-state index in [0.717, 1.165) is 56.9 Å². The fraction of sp³-hybridized carbons (Fsp3) is 0.464. The van der Waals surface area contributed by atoms with E-state index in [1.165, 1.54) is 22.3 Å². The Labute approximate surface area is 198 Å². The van der Waals surface area contributed by atoms with E-state index in [-0.39, 0.29) is 6.04 Å². The van der Waals surface area contributed by atoms with Crippen LogP contribution >= 0.6 is 0 Å². The third-order valence-corrected chi connectivity index (χ3v) is 6.72. The molecule has 0 bridgehead atoms. The number of piperazine rings is 1. The van der Waals surface area contributed by atoms with Crippen LogP contribution < -0.4 is 4.74 Å². The van der Waals surface area contributed by atoms with Crippen LogP contribution in [0.25, 0.3) is 6.08 Å². The second kappa shape index (κ2) is 11.5. The molecule has 1 atom stereocenters. The summed E-state index contributed by atoms with van der Waals surface area (Å²) in [4.78, 5) is 16.4. The molecule has 1 aliphatic heterocycles. The first-order valence-corrected chi connectivity index (χ1v) is 12.0. The maximum absolute atomic E-state index is 11.3. The van der Waals surface area contributed by atoms with Crippen molar-refractivity contribution in [3.63, 3.8) is 0 Å². The molecule has 1 heterocycles. The molecule has 178 valence electrons. The van der Waals surface area contributed by atoms with Gasteiger partial charge in [-0.05, 0) is 73.7 Å². The molecule has 1 unspecified atom stereocenters. The van der Waals surface area contributed by atoms with Gasteiger partial charge in [0.2, 0.25) is 0 Å². The van der Waals surface area contributed by atoms with Crippen LogP contribution in [0.15, 0.2) is 36.4 Å². The topological polar surface area (TPSA) is 53.0 Å². The molecule has 2 aromatic carbocycles. The van der Waals surface area contributed by atoms with Crippen LogP contribution in [0.4, 0.5) is 0 Å². The summed E-state index contributed by atoms with van der Waals surface area (Å²) >= 11 is 0. The van der Waals surface area contributed by atoms with Gasteiger partial charge in [-0.15, -0.1) is 0 Å². The average Bonchev–Trinajstić information content (AvgIpc) is 2.82. The zero-order valence-electron chi connectivity index (χ0n) is 20.7. The molecular formula is C28H38N2O3. The second-order valence-corrected chi connectivity index (χ2v) is 8.94. The smallest absolute Gasteiger partial charge is 0.335 e. The number of rotatable bonds is 9. The lowest BCUT2D eigenvalue weighted by atomic mass is 9.94. The number of methoxy groups -OCH3 is 1. The van der Waals surface area contributed by atoms with Gasteiger partial charge < -0.3 is 14.7 Å². The fourth-order valence-electron chi connectivity index (χ4n) is 4.72. The predicted molar refractivity (Wildman–Crippen MR) is 135 cm³/mol. The summed E-state index contributed by atoms with van der Waals surface area (Å²) < 4.78 is 5.85. The van der Waals surface area contributed by atoms with Crippen LogP contribution in [0.3, 0.4) is 0 Å². The molecule has 5 nitrogen and oxygen atoms in total. The van der Waals surface area contributed by atoms with Gasteiger partial charge >= 0.3 is 5.97 Å². The second-order valence-electron chi connectivity index (χ2n) is 8.94. The summed E-state index contributed by atoms with van der Waals surface area (Å²) in [6, 6.07) is 9.75. The molecule has 0 aromatic heterocycles. The van der Waals surface area contributed by atoms with Gasteiger partial charge in [0.25, 0.3) is 0 Å². The number of hydrogen-bond donors (Lipinski definition) is 1. The van der Waals surface area contributed by atoms with E-state index < -0.39 is 5.97 Å². The normalized spacial score (nSPS) is 17.5. The van der Waals surface area contributed by atoms with Crippen molar-refractivity contribution in [2.45, 2.75) is 53.1 Å². The Balaban J connectivity index is 2.00. The van der Waals surface area contributed by atoms with E-state index in [1.807, 2.05) is 12.1 Å². The molecule has 1 aliphatic rings. The minimum absolute atomic E-state index is 0.197. The van der Waals surface area contributed by atoms with E-state index in [2.05, 4.69) is 55.7 Å². The van der Waals surface area contributed by atoms with Crippen molar-refractivity contribution < 1.29 is 14.6 Å². The fourth-order valence-corrected chi connectivity index (χ4v) is 4.72. The molecule has 0 aliphatic carbocycles. The van der Waals surface area contributed by atoms with Crippen molar-refractivity contribution in [2.24, 2.45) is 0 Å². The SMILES string of the molecule is CC/C=C\c1c(C)c(C)cc(OC)c1CN1CCN(CCC)CC1c1ccc(C(=O)O)cc1. The summed E-state index contributed by atoms with van der Waals surface area (Å²) in [7, 11) is 1.75. The van der Waals surface area contributed by atoms with Crippen molar-refractivity contribution in [1.29, 1.82) is 0 Å². The maximum atomic E-state index is 11.3. The average molecular weight is 451 g/mol. The number of aromatic carboxylic acids is 1. The molecule has 1 saturated heterocycles. The minimum Gasteiger partial charge on any atom is -0.496 e. The lowest BCUT2D eigenvalue weighted by Gasteiger charge is -2.42. The molecule has 0 saturated carbocycles. The highest BCUT2D eigenvalue weighted by Crippen LogP contribution is 2.34. The number of aryl methyl sites for hydroxylation is 1. The van der Waals surface area contributed by atoms with Crippen LogP contribution in [-0.2, 0) is 6.54 Å². The highest BCUT2D eigenvalue weighted by atomic mass is 16.5. The zero-order chi connectivity index (χ0) is 24.0. The number of carbonyl (C=O) groups is 1. The number of nitrogens with zero attached hydrogens (tertiary/aromatic N) is 2. The Morgan fingerprint density at radius 1 is 1.18 bits per heavy atom. The standard InChI is InChI=1S/C28H38N2O3/c1-6-8-9-24-21(4)20(3)17-27(33-5)25(24)18-30-16-15-29(14-7-2)19-26(30)22-10-12-23(13-11-22)28(31)32/h8-13,17,26H,6-7,14-16,18-19H2,1-5H3,(H,31,32)/b9-8-. The van der Waals surface area contributed by atoms with Gasteiger partial charge in [0.15, 0.2) is 0 Å². The summed E-state index contributed by atoms with van der Waals surface area (Å²) in [6.07, 6.45) is 6.57. The van der Waals surface area contributed by atoms with Crippen LogP contribution in [0, 0.1) is 13.8 Å². The Hall–Kier alpha value is -2.63. The molecular weight excluding hydrogens is 412 g/mol. The Kier molecular flexibility index (Phi) is 8.70. The van der Waals surface area contributed by atoms with Crippen LogP contribution in [0.1, 0.15) is 70.9 Å². The van der Waals surface area contributed by atoms with E-state index in [0.29, 0.717) is 5.56 Å². The number of carboxylic acids is 1. The van der Waals surface area contributed by atoms with Crippen LogP contribution in [-0.4, -0.2) is 54.2 Å². The molecule has 1 fully saturated rings. The largest absolute Gasteiger partial charge is 0.496 e. The molecule has 0 radical (unpaired) electrons. The van der Waals surface area contributed by atoms with E-state index in [4.69, 9.17) is 4.74 Å². The highest BCUT2D eigenvalue weighted by molar-refractivity contribution is 5.87. The summed E-state index contributed by atoms with van der Waals surface area (Å²) in [5, 5.41) is 9.31. The Bertz CT molecular complexity index is 982. The number of carboxylic acid groups (broad SMARTS) is 1. The molecule has 0 spiro atoms. The maximum Gasteiger partial charge on any atom is 0.335 e. The van der Waals surface area contributed by atoms with Gasteiger partial charge in [-0.25, -0.2) is 4.79 Å². The van der Waals surface area contributed by atoms with Gasteiger partial charge in [-0.2, -0.15) is 0 Å². The van der Waals surface area contributed by atoms with Crippen LogP contribution in [0.5, 0.6) is 5.75 Å². The monoisotopic (exact) mass is 450 g/mol. The van der Waals surface area contributed by atoms with Gasteiger partial charge in [-0.1, -0.05) is 38.1 Å². The van der Waals surface area contributed by atoms with Crippen molar-refractivity contribution in [3.05, 3.63) is 69.8 Å². The van der Waals surface area contributed by atoms with Crippen molar-refractivity contribution in [2.75, 3.05) is 33.3 Å². The first kappa shape index (κ1) is 25.0. The number of ether oxygens (including phenoxy) is 1. The molecule has 3 rings (SSSR count). The van der Waals surface area contributed by atoms with Gasteiger partial charge in [0, 0.05) is 37.8 Å². The quantitative estimate of drug-likeness (QED) is 0.531. The van der Waals surface area contributed by atoms with E-state index >= 15 is 0 Å². The van der Waals surface area contributed by atoms with E-state index in [1.54, 1.807) is 19.2 Å². The van der Waals surface area contributed by atoms with Crippen LogP contribution in [0.2, 0.25) is 0 Å². The molecule has 0 amide bonds. The lowest BCUT2D eigenvalue weighted by Crippen LogP contribution is -2.48. The molecule has 5 heteroatoms. The molecule has 33 heavy (non-hydrogen) atoms. The van der Waals surface area contributed by atoms with Crippen molar-refractivity contribution >= 4 is 12.0 Å². The summed E-state index contributed by atoms with van der Waals surface area (Å²) in [5.41, 5.74) is 6.50. The summed E-state index contributed by atoms with van der Waals surface area (Å²) in [5.74, 6) is 0.0479. The van der Waals surface area contributed by atoms with Crippen molar-refractivity contribution in [3.8, 4) is 5.75 Å². The lowest BCUT2D eigenvalue weighted by molar-refractivity contribution is 0.0671. The Morgan fingerprint density at radius 3 is 2.52 bits per heavy atom.